The van der Waals surface area contributed by atoms with E-state index >= 15 is 0 Å². The average Bonchev–Trinajstić information content (AvgIpc) is 2.73. The third-order valence-electron chi connectivity index (χ3n) is 5.23. The normalized spacial score (nSPS) is 14.2. The molecule has 2 aromatic carbocycles. The van der Waals surface area contributed by atoms with Gasteiger partial charge in [0.25, 0.3) is 10.1 Å². The molecule has 1 aliphatic rings. The van der Waals surface area contributed by atoms with Crippen LogP contribution in [0, 0.1) is 0 Å². The van der Waals surface area contributed by atoms with Gasteiger partial charge < -0.3 is 4.90 Å². The highest BCUT2D eigenvalue weighted by atomic mass is 32.2. The van der Waals surface area contributed by atoms with Crippen molar-refractivity contribution in [2.24, 2.45) is 0 Å². The molecule has 2 heterocycles. The summed E-state index contributed by atoms with van der Waals surface area (Å²) in [6.45, 7) is 3.90. The Bertz CT molecular complexity index is 1180. The standard InChI is InChI=1S/C23H24N2O3S2/c1-3-8-16-9-7-14-24-23(16)17-12-13-21-19(15-17)25(22(4-2)30(26,27)28)18-10-5-6-11-20(18)29-21/h5-7,9-15,22H,3-4,8H2,1-2H3,(H,26,27,28). The number of nitrogens with zero attached hydrogens (tertiary/aromatic N) is 2. The first-order chi connectivity index (χ1) is 14.4. The Morgan fingerprint density at radius 3 is 2.53 bits per heavy atom. The Kier molecular flexibility index (Phi) is 5.86. The lowest BCUT2D eigenvalue weighted by atomic mass is 10.0. The summed E-state index contributed by atoms with van der Waals surface area (Å²) in [5, 5.41) is -1.06. The van der Waals surface area contributed by atoms with Crippen LogP contribution < -0.4 is 4.90 Å². The molecule has 30 heavy (non-hydrogen) atoms. The summed E-state index contributed by atoms with van der Waals surface area (Å²) < 4.78 is 34.5. The highest BCUT2D eigenvalue weighted by Crippen LogP contribution is 2.50. The smallest absolute Gasteiger partial charge is 0.286 e. The molecule has 0 radical (unpaired) electrons. The van der Waals surface area contributed by atoms with Crippen LogP contribution in [0.1, 0.15) is 32.3 Å². The minimum Gasteiger partial charge on any atom is -0.320 e. The van der Waals surface area contributed by atoms with Crippen molar-refractivity contribution in [2.45, 2.75) is 48.3 Å². The van der Waals surface area contributed by atoms with Gasteiger partial charge in [0.15, 0.2) is 5.37 Å². The molecule has 156 valence electrons. The summed E-state index contributed by atoms with van der Waals surface area (Å²) in [4.78, 5) is 8.27. The van der Waals surface area contributed by atoms with Crippen molar-refractivity contribution in [3.8, 4) is 11.3 Å². The molecule has 1 aromatic heterocycles. The fraction of sp³-hybridized carbons (Fsp3) is 0.261. The second kappa shape index (κ2) is 8.41. The summed E-state index contributed by atoms with van der Waals surface area (Å²) in [7, 11) is -4.29. The number of hydrogen-bond acceptors (Lipinski definition) is 5. The van der Waals surface area contributed by atoms with E-state index in [2.05, 4.69) is 18.0 Å². The van der Waals surface area contributed by atoms with Gasteiger partial charge >= 0.3 is 0 Å². The van der Waals surface area contributed by atoms with E-state index in [4.69, 9.17) is 0 Å². The molecule has 0 saturated carbocycles. The highest BCUT2D eigenvalue weighted by molar-refractivity contribution is 7.99. The predicted molar refractivity (Wildman–Crippen MR) is 122 cm³/mol. The summed E-state index contributed by atoms with van der Waals surface area (Å²) in [5.74, 6) is 0. The van der Waals surface area contributed by atoms with Gasteiger partial charge in [-0.1, -0.05) is 56.3 Å². The maximum atomic E-state index is 12.3. The summed E-state index contributed by atoms with van der Waals surface area (Å²) in [6, 6.07) is 17.8. The van der Waals surface area contributed by atoms with E-state index in [-0.39, 0.29) is 6.42 Å². The summed E-state index contributed by atoms with van der Waals surface area (Å²) in [6.07, 6.45) is 3.97. The van der Waals surface area contributed by atoms with Crippen molar-refractivity contribution in [1.29, 1.82) is 0 Å². The van der Waals surface area contributed by atoms with Gasteiger partial charge in [-0.25, -0.2) is 0 Å². The molecule has 0 aliphatic carbocycles. The van der Waals surface area contributed by atoms with Crippen LogP contribution in [0.15, 0.2) is 70.6 Å². The second-order valence-corrected chi connectivity index (χ2v) is 9.92. The molecule has 7 heteroatoms. The van der Waals surface area contributed by atoms with Gasteiger partial charge in [0.05, 0.1) is 17.1 Å². The number of fused-ring (bicyclic) bond motifs is 2. The van der Waals surface area contributed by atoms with Gasteiger partial charge in [-0.2, -0.15) is 8.42 Å². The lowest BCUT2D eigenvalue weighted by molar-refractivity contribution is 0.464. The molecule has 0 bridgehead atoms. The van der Waals surface area contributed by atoms with Crippen LogP contribution in [-0.4, -0.2) is 23.3 Å². The van der Waals surface area contributed by atoms with E-state index in [1.807, 2.05) is 48.5 Å². The molecule has 1 N–H and O–H groups in total. The van der Waals surface area contributed by atoms with E-state index in [0.717, 1.165) is 50.8 Å². The summed E-state index contributed by atoms with van der Waals surface area (Å²) in [5.41, 5.74) is 4.57. The Morgan fingerprint density at radius 2 is 1.80 bits per heavy atom. The number of benzene rings is 2. The molecule has 0 fully saturated rings. The van der Waals surface area contributed by atoms with Crippen LogP contribution >= 0.6 is 11.8 Å². The Labute approximate surface area is 181 Å². The van der Waals surface area contributed by atoms with Gasteiger partial charge in [0, 0.05) is 21.6 Å². The van der Waals surface area contributed by atoms with Gasteiger partial charge in [0.1, 0.15) is 0 Å². The number of para-hydroxylation sites is 1. The number of hydrogen-bond donors (Lipinski definition) is 1. The number of aryl methyl sites for hydroxylation is 1. The van der Waals surface area contributed by atoms with Crippen LogP contribution in [-0.2, 0) is 16.5 Å². The molecule has 1 aliphatic heterocycles. The maximum absolute atomic E-state index is 12.3. The van der Waals surface area contributed by atoms with Gasteiger partial charge in [-0.3, -0.25) is 9.54 Å². The average molecular weight is 441 g/mol. The zero-order valence-electron chi connectivity index (χ0n) is 16.9. The van der Waals surface area contributed by atoms with Crippen molar-refractivity contribution in [1.82, 2.24) is 4.98 Å². The minimum absolute atomic E-state index is 0.256. The molecular formula is C23H24N2O3S2. The SMILES string of the molecule is CCCc1cccnc1-c1ccc2c(c1)N(C(CC)S(=O)(=O)O)c1ccccc1S2. The zero-order valence-corrected chi connectivity index (χ0v) is 18.6. The third kappa shape index (κ3) is 3.85. The quantitative estimate of drug-likeness (QED) is 0.479. The highest BCUT2D eigenvalue weighted by Gasteiger charge is 2.35. The molecule has 0 amide bonds. The molecule has 1 unspecified atom stereocenters. The number of aromatic nitrogens is 1. The number of rotatable bonds is 6. The van der Waals surface area contributed by atoms with Crippen LogP contribution in [0.5, 0.6) is 0 Å². The van der Waals surface area contributed by atoms with Gasteiger partial charge in [-0.05, 0) is 48.7 Å². The first-order valence-electron chi connectivity index (χ1n) is 10.0. The Balaban J connectivity index is 1.91. The second-order valence-electron chi connectivity index (χ2n) is 7.26. The fourth-order valence-electron chi connectivity index (χ4n) is 3.94. The van der Waals surface area contributed by atoms with Crippen LogP contribution in [0.4, 0.5) is 11.4 Å². The molecule has 0 saturated heterocycles. The molecule has 3 aromatic rings. The van der Waals surface area contributed by atoms with E-state index < -0.39 is 15.5 Å². The van der Waals surface area contributed by atoms with Crippen molar-refractivity contribution in [3.63, 3.8) is 0 Å². The zero-order chi connectivity index (χ0) is 21.3. The van der Waals surface area contributed by atoms with E-state index in [1.54, 1.807) is 29.8 Å². The maximum Gasteiger partial charge on any atom is 0.286 e. The van der Waals surface area contributed by atoms with Gasteiger partial charge in [0.2, 0.25) is 0 Å². The van der Waals surface area contributed by atoms with Crippen LogP contribution in [0.3, 0.4) is 0 Å². The third-order valence-corrected chi connectivity index (χ3v) is 7.59. The van der Waals surface area contributed by atoms with Gasteiger partial charge in [-0.15, -0.1) is 0 Å². The molecule has 0 spiro atoms. The van der Waals surface area contributed by atoms with Crippen molar-refractivity contribution in [3.05, 3.63) is 66.4 Å². The van der Waals surface area contributed by atoms with E-state index in [9.17, 15) is 13.0 Å². The largest absolute Gasteiger partial charge is 0.320 e. The minimum atomic E-state index is -4.29. The molecule has 5 nitrogen and oxygen atoms in total. The molecule has 4 rings (SSSR count). The Hall–Kier alpha value is -2.35. The lowest BCUT2D eigenvalue weighted by Crippen LogP contribution is -2.38. The molecule has 1 atom stereocenters. The van der Waals surface area contributed by atoms with Crippen molar-refractivity contribution < 1.29 is 13.0 Å². The van der Waals surface area contributed by atoms with Crippen LogP contribution in [0.2, 0.25) is 0 Å². The first kappa shape index (κ1) is 20.9. The monoisotopic (exact) mass is 440 g/mol. The molecular weight excluding hydrogens is 416 g/mol. The van der Waals surface area contributed by atoms with Crippen LogP contribution in [0.25, 0.3) is 11.3 Å². The fourth-order valence-corrected chi connectivity index (χ4v) is 5.90. The van der Waals surface area contributed by atoms with Crippen molar-refractivity contribution >= 4 is 33.3 Å². The number of pyridine rings is 1. The number of anilines is 2. The van der Waals surface area contributed by atoms with E-state index in [1.165, 1.54) is 0 Å². The topological polar surface area (TPSA) is 70.5 Å². The van der Waals surface area contributed by atoms with E-state index in [0.29, 0.717) is 0 Å². The summed E-state index contributed by atoms with van der Waals surface area (Å²) >= 11 is 1.60. The Morgan fingerprint density at radius 1 is 1.03 bits per heavy atom. The lowest BCUT2D eigenvalue weighted by Gasteiger charge is -2.37. The predicted octanol–water partition coefficient (Wildman–Crippen LogP) is 5.93. The first-order valence-corrected chi connectivity index (χ1v) is 12.4. The van der Waals surface area contributed by atoms with Crippen molar-refractivity contribution in [2.75, 3.05) is 4.90 Å².